The largest absolute Gasteiger partial charge is 0.497 e. The Kier molecular flexibility index (Phi) is 5.42. The third-order valence-electron chi connectivity index (χ3n) is 2.74. The molecule has 2 heteroatoms. The van der Waals surface area contributed by atoms with Crippen molar-refractivity contribution in [1.82, 2.24) is 5.32 Å². The molecule has 0 saturated carbocycles. The van der Waals surface area contributed by atoms with Crippen molar-refractivity contribution in [3.8, 4) is 5.75 Å². The average molecular weight is 247 g/mol. The zero-order valence-electron chi connectivity index (χ0n) is 12.2. The number of hydrogen-bond donors (Lipinski definition) is 1. The molecule has 0 heterocycles. The minimum atomic E-state index is 0.198. The van der Waals surface area contributed by atoms with Crippen LogP contribution in [0.15, 0.2) is 24.3 Å². The molecule has 1 aromatic carbocycles. The van der Waals surface area contributed by atoms with Crippen LogP contribution in [-0.4, -0.2) is 19.2 Å². The Balaban J connectivity index is 2.47. The molecule has 0 aliphatic heterocycles. The van der Waals surface area contributed by atoms with E-state index in [2.05, 4.69) is 57.3 Å². The number of aryl methyl sites for hydroxylation is 1. The van der Waals surface area contributed by atoms with Crippen molar-refractivity contribution < 1.29 is 4.74 Å². The SMILES string of the molecule is COc1ccc(C=CCCNC(C)(C)C)c(C)c1. The third-order valence-corrected chi connectivity index (χ3v) is 2.74. The molecule has 0 bridgehead atoms. The molecule has 1 N–H and O–H groups in total. The van der Waals surface area contributed by atoms with Crippen molar-refractivity contribution in [2.75, 3.05) is 13.7 Å². The van der Waals surface area contributed by atoms with Gasteiger partial charge in [-0.1, -0.05) is 18.2 Å². The van der Waals surface area contributed by atoms with Gasteiger partial charge in [-0.25, -0.2) is 0 Å². The minimum Gasteiger partial charge on any atom is -0.497 e. The summed E-state index contributed by atoms with van der Waals surface area (Å²) in [4.78, 5) is 0. The predicted octanol–water partition coefficient (Wildman–Crippen LogP) is 3.80. The number of rotatable bonds is 5. The van der Waals surface area contributed by atoms with Gasteiger partial charge in [0.15, 0.2) is 0 Å². The molecule has 0 amide bonds. The lowest BCUT2D eigenvalue weighted by molar-refractivity contribution is 0.414. The lowest BCUT2D eigenvalue weighted by atomic mass is 10.1. The quantitative estimate of drug-likeness (QED) is 0.799. The zero-order valence-corrected chi connectivity index (χ0v) is 12.2. The molecule has 2 nitrogen and oxygen atoms in total. The first kappa shape index (κ1) is 14.8. The topological polar surface area (TPSA) is 21.3 Å². The third kappa shape index (κ3) is 5.37. The van der Waals surface area contributed by atoms with Crippen LogP contribution < -0.4 is 10.1 Å². The fourth-order valence-corrected chi connectivity index (χ4v) is 1.70. The second-order valence-corrected chi connectivity index (χ2v) is 5.59. The van der Waals surface area contributed by atoms with E-state index >= 15 is 0 Å². The van der Waals surface area contributed by atoms with Gasteiger partial charge < -0.3 is 10.1 Å². The molecule has 0 aromatic heterocycles. The smallest absolute Gasteiger partial charge is 0.119 e. The van der Waals surface area contributed by atoms with Crippen LogP contribution in [0.3, 0.4) is 0 Å². The van der Waals surface area contributed by atoms with E-state index in [0.717, 1.165) is 18.7 Å². The fourth-order valence-electron chi connectivity index (χ4n) is 1.70. The van der Waals surface area contributed by atoms with Crippen molar-refractivity contribution in [3.63, 3.8) is 0 Å². The second kappa shape index (κ2) is 6.60. The van der Waals surface area contributed by atoms with Gasteiger partial charge >= 0.3 is 0 Å². The summed E-state index contributed by atoms with van der Waals surface area (Å²) in [6.45, 7) is 9.67. The minimum absolute atomic E-state index is 0.198. The van der Waals surface area contributed by atoms with Crippen molar-refractivity contribution in [2.45, 2.75) is 39.7 Å². The summed E-state index contributed by atoms with van der Waals surface area (Å²) in [5.74, 6) is 0.916. The number of hydrogen-bond acceptors (Lipinski definition) is 2. The standard InChI is InChI=1S/C16H25NO/c1-13-12-15(18-5)10-9-14(13)8-6-7-11-17-16(2,3)4/h6,8-10,12,17H,7,11H2,1-5H3. The monoisotopic (exact) mass is 247 g/mol. The Morgan fingerprint density at radius 1 is 1.28 bits per heavy atom. The van der Waals surface area contributed by atoms with Gasteiger partial charge in [0.25, 0.3) is 0 Å². The van der Waals surface area contributed by atoms with Gasteiger partial charge in [0, 0.05) is 5.54 Å². The zero-order chi connectivity index (χ0) is 13.6. The maximum absolute atomic E-state index is 5.20. The van der Waals surface area contributed by atoms with Gasteiger partial charge in [0.2, 0.25) is 0 Å². The molecule has 1 rings (SSSR count). The summed E-state index contributed by atoms with van der Waals surface area (Å²) < 4.78 is 5.20. The molecule has 1 aromatic rings. The maximum atomic E-state index is 5.20. The summed E-state index contributed by atoms with van der Waals surface area (Å²) in [5.41, 5.74) is 2.70. The normalized spacial score (nSPS) is 12.1. The average Bonchev–Trinajstić information content (AvgIpc) is 2.29. The van der Waals surface area contributed by atoms with Crippen molar-refractivity contribution in [3.05, 3.63) is 35.4 Å². The number of nitrogens with one attached hydrogen (secondary N) is 1. The number of ether oxygens (including phenoxy) is 1. The van der Waals surface area contributed by atoms with Crippen molar-refractivity contribution in [1.29, 1.82) is 0 Å². The van der Waals surface area contributed by atoms with Crippen molar-refractivity contribution in [2.24, 2.45) is 0 Å². The van der Waals surface area contributed by atoms with Crippen LogP contribution in [0.5, 0.6) is 5.75 Å². The van der Waals surface area contributed by atoms with Gasteiger partial charge in [-0.15, -0.1) is 0 Å². The highest BCUT2D eigenvalue weighted by Gasteiger charge is 2.06. The first-order valence-electron chi connectivity index (χ1n) is 6.48. The molecule has 0 aliphatic carbocycles. The van der Waals surface area contributed by atoms with E-state index in [1.54, 1.807) is 7.11 Å². The van der Waals surface area contributed by atoms with Crippen LogP contribution >= 0.6 is 0 Å². The Hall–Kier alpha value is -1.28. The van der Waals surface area contributed by atoms with E-state index in [-0.39, 0.29) is 5.54 Å². The lowest BCUT2D eigenvalue weighted by Crippen LogP contribution is -2.36. The highest BCUT2D eigenvalue weighted by molar-refractivity contribution is 5.55. The molecule has 0 fully saturated rings. The van der Waals surface area contributed by atoms with Crippen LogP contribution in [0.4, 0.5) is 0 Å². The molecular formula is C16H25NO. The van der Waals surface area contributed by atoms with E-state index in [4.69, 9.17) is 4.74 Å². The molecule has 0 saturated heterocycles. The molecule has 100 valence electrons. The van der Waals surface area contributed by atoms with Crippen LogP contribution in [-0.2, 0) is 0 Å². The van der Waals surface area contributed by atoms with Crippen LogP contribution in [0, 0.1) is 6.92 Å². The highest BCUT2D eigenvalue weighted by atomic mass is 16.5. The maximum Gasteiger partial charge on any atom is 0.119 e. The van der Waals surface area contributed by atoms with E-state index in [1.807, 2.05) is 6.07 Å². The van der Waals surface area contributed by atoms with E-state index in [9.17, 15) is 0 Å². The summed E-state index contributed by atoms with van der Waals surface area (Å²) in [6.07, 6.45) is 5.44. The Bertz CT molecular complexity index is 402. The first-order valence-corrected chi connectivity index (χ1v) is 6.48. The summed E-state index contributed by atoms with van der Waals surface area (Å²) >= 11 is 0. The van der Waals surface area contributed by atoms with E-state index in [0.29, 0.717) is 0 Å². The molecule has 0 radical (unpaired) electrons. The lowest BCUT2D eigenvalue weighted by Gasteiger charge is -2.19. The molecular weight excluding hydrogens is 222 g/mol. The Labute approximate surface area is 111 Å². The molecule has 0 atom stereocenters. The van der Waals surface area contributed by atoms with Crippen LogP contribution in [0.2, 0.25) is 0 Å². The van der Waals surface area contributed by atoms with E-state index < -0.39 is 0 Å². The first-order chi connectivity index (χ1) is 8.42. The van der Waals surface area contributed by atoms with Gasteiger partial charge in [-0.05, 0) is 63.9 Å². The fraction of sp³-hybridized carbons (Fsp3) is 0.500. The molecule has 18 heavy (non-hydrogen) atoms. The Morgan fingerprint density at radius 3 is 2.56 bits per heavy atom. The number of methoxy groups -OCH3 is 1. The van der Waals surface area contributed by atoms with Crippen LogP contribution in [0.1, 0.15) is 38.3 Å². The van der Waals surface area contributed by atoms with Gasteiger partial charge in [0.05, 0.1) is 7.11 Å². The molecule has 0 aliphatic rings. The Morgan fingerprint density at radius 2 is 2.00 bits per heavy atom. The molecule has 0 spiro atoms. The molecule has 0 unspecified atom stereocenters. The van der Waals surface area contributed by atoms with E-state index in [1.165, 1.54) is 11.1 Å². The van der Waals surface area contributed by atoms with Gasteiger partial charge in [-0.2, -0.15) is 0 Å². The summed E-state index contributed by atoms with van der Waals surface area (Å²) in [6, 6.07) is 6.16. The van der Waals surface area contributed by atoms with Crippen molar-refractivity contribution >= 4 is 6.08 Å². The summed E-state index contributed by atoms with van der Waals surface area (Å²) in [7, 11) is 1.70. The second-order valence-electron chi connectivity index (χ2n) is 5.59. The highest BCUT2D eigenvalue weighted by Crippen LogP contribution is 2.18. The van der Waals surface area contributed by atoms with Crippen LogP contribution in [0.25, 0.3) is 6.08 Å². The number of benzene rings is 1. The summed E-state index contributed by atoms with van der Waals surface area (Å²) in [5, 5.41) is 3.47. The van der Waals surface area contributed by atoms with Gasteiger partial charge in [0.1, 0.15) is 5.75 Å². The van der Waals surface area contributed by atoms with Gasteiger partial charge in [-0.3, -0.25) is 0 Å². The predicted molar refractivity (Wildman–Crippen MR) is 79.1 cm³/mol.